The van der Waals surface area contributed by atoms with Crippen LogP contribution in [0, 0.1) is 11.1 Å². The molecular formula is C3H4N3RfS-. The third-order valence-corrected chi connectivity index (χ3v) is 1.02. The molecule has 1 N–H and O–H groups in total. The third-order valence-electron chi connectivity index (χ3n) is 0.656. The summed E-state index contributed by atoms with van der Waals surface area (Å²) < 4.78 is 2.20. The normalized spacial score (nSPS) is 8.12. The van der Waals surface area contributed by atoms with E-state index in [1.807, 2.05) is 0 Å². The maximum absolute atomic E-state index is 4.70. The van der Waals surface area contributed by atoms with Crippen LogP contribution in [0.5, 0.6) is 0 Å². The number of hydrogen-bond donors (Lipinski definition) is 1. The van der Waals surface area contributed by atoms with Gasteiger partial charge < -0.3 is 9.67 Å². The summed E-state index contributed by atoms with van der Waals surface area (Å²) in [7, 11) is 1.78. The van der Waals surface area contributed by atoms with Crippen LogP contribution >= 0.6 is 12.2 Å². The first-order valence-electron chi connectivity index (χ1n) is 1.80. The Bertz CT molecular complexity index is 202. The van der Waals surface area contributed by atoms with Gasteiger partial charge in [-0.2, -0.15) is 12.2 Å². The topological polar surface area (TPSA) is 33.6 Å². The molecule has 1 heterocycles. The van der Waals surface area contributed by atoms with Crippen molar-refractivity contribution < 1.29 is 0 Å². The quantitative estimate of drug-likeness (QED) is 0.518. The molecular weight excluding hydrogens is 377 g/mol. The fourth-order valence-electron chi connectivity index (χ4n) is 0.268. The molecule has 0 amide bonds. The average molecular weight is 381 g/mol. The maximum Gasteiger partial charge on any atom is 0.0372 e. The number of nitrogens with one attached hydrogen (secondary N) is 1. The van der Waals surface area contributed by atoms with Crippen LogP contribution in [0.3, 0.4) is 0 Å². The fraction of sp³-hybridized carbons (Fsp3) is 0.333. The van der Waals surface area contributed by atoms with Crippen LogP contribution < -0.4 is 0 Å². The number of aromatic amines is 1. The number of aryl methyl sites for hydroxylation is 1. The Morgan fingerprint density at radius 3 is 2.62 bits per heavy atom. The van der Waals surface area contributed by atoms with Crippen LogP contribution in [0.2, 0.25) is 0 Å². The summed E-state index contributed by atoms with van der Waals surface area (Å²) in [6.45, 7) is 0. The Morgan fingerprint density at radius 2 is 2.50 bits per heavy atom. The van der Waals surface area contributed by atoms with Crippen molar-refractivity contribution in [3.8, 4) is 0 Å². The average Bonchev–Trinajstić information content (AvgIpc) is 1.91. The van der Waals surface area contributed by atoms with E-state index < -0.39 is 0 Å². The van der Waals surface area contributed by atoms with Gasteiger partial charge in [-0.05, 0) is 13.4 Å². The van der Waals surface area contributed by atoms with Crippen LogP contribution in [-0.2, 0) is 7.05 Å². The van der Waals surface area contributed by atoms with E-state index in [-0.39, 0.29) is 0 Å². The van der Waals surface area contributed by atoms with E-state index in [9.17, 15) is 0 Å². The van der Waals surface area contributed by atoms with Crippen LogP contribution in [0.15, 0.2) is 0 Å². The number of rotatable bonds is 0. The van der Waals surface area contributed by atoms with E-state index in [0.717, 1.165) is 0 Å². The number of nitrogens with zero attached hydrogens (tertiary/aromatic N) is 2. The minimum atomic E-state index is 0. The summed E-state index contributed by atoms with van der Waals surface area (Å²) in [5.74, 6) is 0. The van der Waals surface area contributed by atoms with Gasteiger partial charge >= 0.3 is 0 Å². The molecule has 1 aromatic rings. The van der Waals surface area contributed by atoms with Gasteiger partial charge in [0.15, 0.2) is 0 Å². The molecule has 0 spiro atoms. The van der Waals surface area contributed by atoms with Crippen LogP contribution in [0.4, 0.5) is 0 Å². The summed E-state index contributed by atoms with van der Waals surface area (Å²) >= 11 is 4.70. The van der Waals surface area contributed by atoms with Gasteiger partial charge in [-0.1, -0.05) is 0 Å². The SMILES string of the molecule is Cn1[c-]n[nH]c1=S.[Rf]. The largest absolute Gasteiger partial charge is 0.473 e. The van der Waals surface area contributed by atoms with Crippen LogP contribution in [-0.4, -0.2) is 14.8 Å². The summed E-state index contributed by atoms with van der Waals surface area (Å²) in [5, 5.41) is 6.07. The van der Waals surface area contributed by atoms with Crippen molar-refractivity contribution in [2.45, 2.75) is 0 Å². The number of hydrogen-bond acceptors (Lipinski definition) is 2. The monoisotopic (exact) mass is 381 g/mol. The molecule has 0 unspecified atom stereocenters. The summed E-state index contributed by atoms with van der Waals surface area (Å²) in [6.07, 6.45) is 2.58. The van der Waals surface area contributed by atoms with Gasteiger partial charge in [-0.25, -0.2) is 0 Å². The second-order valence-electron chi connectivity index (χ2n) is 1.19. The predicted molar refractivity (Wildman–Crippen MR) is 27.2 cm³/mol. The summed E-state index contributed by atoms with van der Waals surface area (Å²) in [6, 6.07) is 0. The van der Waals surface area contributed by atoms with Gasteiger partial charge in [0.1, 0.15) is 0 Å². The van der Waals surface area contributed by atoms with Gasteiger partial charge in [0.2, 0.25) is 0 Å². The predicted octanol–water partition coefficient (Wildman–Crippen LogP) is 0.278. The minimum Gasteiger partial charge on any atom is -0.473 e. The molecule has 0 bridgehead atoms. The maximum atomic E-state index is 4.70. The molecule has 0 aromatic carbocycles. The van der Waals surface area contributed by atoms with E-state index in [2.05, 4.69) is 16.5 Å². The molecule has 0 saturated heterocycles. The number of H-pyrrole nitrogens is 1. The molecule has 1 rings (SSSR count). The molecule has 5 heteroatoms. The zero-order valence-corrected chi connectivity index (χ0v) is 11.7. The Morgan fingerprint density at radius 1 is 1.88 bits per heavy atom. The van der Waals surface area contributed by atoms with E-state index in [1.54, 1.807) is 11.6 Å². The van der Waals surface area contributed by atoms with E-state index in [4.69, 9.17) is 12.2 Å². The zero-order valence-electron chi connectivity index (χ0n) is 4.51. The molecule has 0 saturated carbocycles. The van der Waals surface area contributed by atoms with Crippen molar-refractivity contribution in [1.82, 2.24) is 14.8 Å². The Hall–Kier alpha value is -1.64. The Kier molecular flexibility index (Phi) is 1.50. The molecule has 0 radical (unpaired) electrons. The van der Waals surface area contributed by atoms with Crippen LogP contribution in [0.1, 0.15) is 0 Å². The molecule has 1 aromatic heterocycles. The van der Waals surface area contributed by atoms with Crippen molar-refractivity contribution in [3.05, 3.63) is 11.1 Å². The van der Waals surface area contributed by atoms with Crippen molar-refractivity contribution >= 4 is 12.2 Å². The van der Waals surface area contributed by atoms with Crippen molar-refractivity contribution in [2.24, 2.45) is 7.05 Å². The third kappa shape index (κ3) is 0.704. The zero-order chi connectivity index (χ0) is 5.28. The van der Waals surface area contributed by atoms with Gasteiger partial charge in [-0.15, -0.1) is 0 Å². The summed E-state index contributed by atoms with van der Waals surface area (Å²) in [5.41, 5.74) is 0. The fourth-order valence-corrected chi connectivity index (χ4v) is 0.355. The smallest absolute Gasteiger partial charge is 0.0372 e. The second kappa shape index (κ2) is 1.88. The van der Waals surface area contributed by atoms with Crippen molar-refractivity contribution in [3.63, 3.8) is 0 Å². The van der Waals surface area contributed by atoms with E-state index in [0.29, 0.717) is 4.77 Å². The Labute approximate surface area is 46.0 Å². The molecule has 3 nitrogen and oxygen atoms in total. The molecule has 40 valence electrons. The Balaban J connectivity index is 0.000000490. The molecule has 0 aliphatic heterocycles. The van der Waals surface area contributed by atoms with Crippen molar-refractivity contribution in [1.29, 1.82) is 0 Å². The first kappa shape index (κ1) is 6.36. The molecule has 0 fully saturated rings. The standard InChI is InChI=1S/C3H4N3S.Rf/c1-6-2-4-5-3(6)7;/h1H3,(H,5,7);/q-1;. The van der Waals surface area contributed by atoms with Gasteiger partial charge in [0, 0.05) is 4.77 Å². The van der Waals surface area contributed by atoms with E-state index >= 15 is 0 Å². The molecule has 0 aliphatic rings. The van der Waals surface area contributed by atoms with E-state index in [1.165, 1.54) is 0 Å². The van der Waals surface area contributed by atoms with Gasteiger partial charge in [-0.3, -0.25) is 5.10 Å². The molecule has 0 atom stereocenters. The molecule has 0 aliphatic carbocycles. The van der Waals surface area contributed by atoms with Gasteiger partial charge in [0.25, 0.3) is 0 Å². The minimum absolute atomic E-state index is 0. The van der Waals surface area contributed by atoms with Crippen LogP contribution in [0.25, 0.3) is 0 Å². The first-order valence-corrected chi connectivity index (χ1v) is 2.20. The molecule has 8 heavy (non-hydrogen) atoms. The number of aromatic nitrogens is 3. The van der Waals surface area contributed by atoms with Gasteiger partial charge in [0.05, 0.1) is 0 Å². The first-order chi connectivity index (χ1) is 3.30. The summed E-state index contributed by atoms with van der Waals surface area (Å²) in [4.78, 5) is 0. The second-order valence-corrected chi connectivity index (χ2v) is 1.57. The van der Waals surface area contributed by atoms with Crippen molar-refractivity contribution in [2.75, 3.05) is 0 Å².